The van der Waals surface area contributed by atoms with Crippen molar-refractivity contribution >= 4 is 17.6 Å². The van der Waals surface area contributed by atoms with Crippen LogP contribution in [0.25, 0.3) is 0 Å². The van der Waals surface area contributed by atoms with Crippen molar-refractivity contribution in [1.82, 2.24) is 0 Å². The van der Waals surface area contributed by atoms with Crippen LogP contribution in [0.15, 0.2) is 11.8 Å². The molecule has 0 unspecified atom stereocenters. The largest absolute Gasteiger partial charge is 0.415 e. The molecule has 0 aliphatic rings. The van der Waals surface area contributed by atoms with E-state index in [0.717, 1.165) is 0 Å². The summed E-state index contributed by atoms with van der Waals surface area (Å²) in [6.07, 6.45) is 0. The van der Waals surface area contributed by atoms with Crippen molar-refractivity contribution in [3.63, 3.8) is 0 Å². The Kier molecular flexibility index (Phi) is 2.45. The van der Waals surface area contributed by atoms with Gasteiger partial charge in [-0.15, -0.1) is 0 Å². The van der Waals surface area contributed by atoms with E-state index in [9.17, 15) is 4.79 Å². The van der Waals surface area contributed by atoms with Gasteiger partial charge in [0, 0.05) is 6.92 Å². The predicted molar refractivity (Wildman–Crippen MR) is 26.8 cm³/mol. The van der Waals surface area contributed by atoms with Crippen molar-refractivity contribution in [3.05, 3.63) is 11.8 Å². The van der Waals surface area contributed by atoms with Crippen LogP contribution in [-0.4, -0.2) is 5.97 Å². The number of carbonyl (C=O) groups is 1. The van der Waals surface area contributed by atoms with E-state index in [2.05, 4.69) is 11.3 Å². The van der Waals surface area contributed by atoms with Crippen LogP contribution in [0.1, 0.15) is 6.92 Å². The van der Waals surface area contributed by atoms with Crippen molar-refractivity contribution in [1.29, 1.82) is 0 Å². The maximum Gasteiger partial charge on any atom is 0.308 e. The molecule has 0 radical (unpaired) electrons. The van der Waals surface area contributed by atoms with E-state index in [1.807, 2.05) is 0 Å². The number of carbonyl (C=O) groups excluding carboxylic acids is 1. The first-order valence-electron chi connectivity index (χ1n) is 1.65. The second-order valence-electron chi connectivity index (χ2n) is 0.949. The minimum atomic E-state index is -0.444. The Morgan fingerprint density at radius 1 is 1.86 bits per heavy atom. The molecule has 0 atom stereocenters. The third-order valence-corrected chi connectivity index (χ3v) is 0.332. The Morgan fingerprint density at radius 3 is 2.29 bits per heavy atom. The maximum atomic E-state index is 9.89. The molecule has 40 valence electrons. The van der Waals surface area contributed by atoms with Gasteiger partial charge >= 0.3 is 5.97 Å². The van der Waals surface area contributed by atoms with Crippen molar-refractivity contribution in [2.75, 3.05) is 0 Å². The van der Waals surface area contributed by atoms with Gasteiger partial charge in [0.2, 0.25) is 0 Å². The van der Waals surface area contributed by atoms with E-state index < -0.39 is 5.97 Å². The summed E-state index contributed by atoms with van der Waals surface area (Å²) in [5.74, 6) is -0.444. The Balaban J connectivity index is 3.32. The summed E-state index contributed by atoms with van der Waals surface area (Å²) in [5, 5.41) is -0.0903. The lowest BCUT2D eigenvalue weighted by atomic mass is 10.8. The molecule has 0 saturated carbocycles. The Morgan fingerprint density at radius 2 is 2.29 bits per heavy atom. The van der Waals surface area contributed by atoms with Crippen LogP contribution in [0.4, 0.5) is 0 Å². The van der Waals surface area contributed by atoms with Crippen LogP contribution in [-0.2, 0) is 9.53 Å². The second-order valence-corrected chi connectivity index (χ2v) is 1.37. The highest BCUT2D eigenvalue weighted by Gasteiger charge is 1.90. The van der Waals surface area contributed by atoms with E-state index in [-0.39, 0.29) is 5.22 Å². The summed E-state index contributed by atoms with van der Waals surface area (Å²) in [4.78, 5) is 9.89. The number of hydrogen-bond donors (Lipinski definition) is 0. The van der Waals surface area contributed by atoms with Gasteiger partial charge in [0.25, 0.3) is 0 Å². The number of halogens is 1. The predicted octanol–water partition coefficient (Wildman–Crippen LogP) is 1.26. The summed E-state index contributed by atoms with van der Waals surface area (Å²) in [7, 11) is 0. The normalized spacial score (nSPS) is 7.71. The van der Waals surface area contributed by atoms with Gasteiger partial charge in [0.1, 0.15) is 0 Å². The first kappa shape index (κ1) is 6.50. The van der Waals surface area contributed by atoms with E-state index in [1.165, 1.54) is 6.92 Å². The smallest absolute Gasteiger partial charge is 0.308 e. The van der Waals surface area contributed by atoms with E-state index in [1.54, 1.807) is 0 Å². The van der Waals surface area contributed by atoms with Crippen molar-refractivity contribution in [3.8, 4) is 0 Å². The fourth-order valence-corrected chi connectivity index (χ4v) is 0.265. The van der Waals surface area contributed by atoms with Gasteiger partial charge in [0.05, 0.1) is 0 Å². The Labute approximate surface area is 46.7 Å². The lowest BCUT2D eigenvalue weighted by Crippen LogP contribution is -1.91. The number of esters is 1. The molecule has 0 saturated heterocycles. The highest BCUT2D eigenvalue weighted by atomic mass is 35.5. The second kappa shape index (κ2) is 2.64. The average molecular weight is 121 g/mol. The molecule has 0 aromatic rings. The molecule has 3 heteroatoms. The van der Waals surface area contributed by atoms with E-state index >= 15 is 0 Å². The van der Waals surface area contributed by atoms with Gasteiger partial charge in [-0.3, -0.25) is 4.79 Å². The fourth-order valence-electron chi connectivity index (χ4n) is 0.156. The Bertz CT molecular complexity index is 85.9. The molecule has 0 bridgehead atoms. The van der Waals surface area contributed by atoms with Crippen LogP contribution in [0.3, 0.4) is 0 Å². The third-order valence-electron chi connectivity index (χ3n) is 0.254. The van der Waals surface area contributed by atoms with Crippen molar-refractivity contribution < 1.29 is 9.53 Å². The molecule has 0 fully saturated rings. The molecular weight excluding hydrogens is 115 g/mol. The lowest BCUT2D eigenvalue weighted by molar-refractivity contribution is -0.135. The molecule has 0 amide bonds. The molecule has 0 aliphatic carbocycles. The molecular formula is C4H5ClO2. The number of ether oxygens (including phenoxy) is 1. The van der Waals surface area contributed by atoms with Crippen molar-refractivity contribution in [2.45, 2.75) is 6.92 Å². The van der Waals surface area contributed by atoms with E-state index in [0.29, 0.717) is 0 Å². The molecule has 0 N–H and O–H groups in total. The minimum absolute atomic E-state index is 0.0903. The third kappa shape index (κ3) is 5.50. The standard InChI is InChI=1S/C4H5ClO2/c1-3(5)7-4(2)6/h1H2,2H3. The molecule has 0 heterocycles. The quantitative estimate of drug-likeness (QED) is 0.385. The molecule has 7 heavy (non-hydrogen) atoms. The van der Waals surface area contributed by atoms with Crippen LogP contribution in [0.5, 0.6) is 0 Å². The molecule has 0 aromatic carbocycles. The highest BCUT2D eigenvalue weighted by molar-refractivity contribution is 6.28. The van der Waals surface area contributed by atoms with Crippen LogP contribution in [0.2, 0.25) is 0 Å². The van der Waals surface area contributed by atoms with Gasteiger partial charge in [-0.05, 0) is 18.2 Å². The van der Waals surface area contributed by atoms with Gasteiger partial charge in [0.15, 0.2) is 5.22 Å². The zero-order chi connectivity index (χ0) is 5.86. The zero-order valence-electron chi connectivity index (χ0n) is 3.90. The van der Waals surface area contributed by atoms with Gasteiger partial charge < -0.3 is 4.74 Å². The zero-order valence-corrected chi connectivity index (χ0v) is 4.66. The van der Waals surface area contributed by atoms with Gasteiger partial charge in [-0.25, -0.2) is 0 Å². The molecule has 0 aliphatic heterocycles. The van der Waals surface area contributed by atoms with Gasteiger partial charge in [-0.2, -0.15) is 0 Å². The Hall–Kier alpha value is -0.500. The topological polar surface area (TPSA) is 26.3 Å². The first-order valence-corrected chi connectivity index (χ1v) is 2.03. The van der Waals surface area contributed by atoms with Crippen molar-refractivity contribution in [2.24, 2.45) is 0 Å². The fraction of sp³-hybridized carbons (Fsp3) is 0.250. The molecule has 2 nitrogen and oxygen atoms in total. The summed E-state index contributed by atoms with van der Waals surface area (Å²) < 4.78 is 4.18. The van der Waals surface area contributed by atoms with Crippen LogP contribution < -0.4 is 0 Å². The molecule has 0 aromatic heterocycles. The van der Waals surface area contributed by atoms with Gasteiger partial charge in [-0.1, -0.05) is 0 Å². The number of rotatable bonds is 1. The van der Waals surface area contributed by atoms with Crippen LogP contribution >= 0.6 is 11.6 Å². The summed E-state index contributed by atoms with van der Waals surface area (Å²) in [6, 6.07) is 0. The lowest BCUT2D eigenvalue weighted by Gasteiger charge is -1.90. The first-order chi connectivity index (χ1) is 3.13. The summed E-state index contributed by atoms with van der Waals surface area (Å²) in [5.41, 5.74) is 0. The molecule has 0 spiro atoms. The van der Waals surface area contributed by atoms with Crippen LogP contribution in [0, 0.1) is 0 Å². The number of hydrogen-bond acceptors (Lipinski definition) is 2. The minimum Gasteiger partial charge on any atom is -0.415 e. The van der Waals surface area contributed by atoms with E-state index in [4.69, 9.17) is 11.6 Å². The molecule has 0 rings (SSSR count). The average Bonchev–Trinajstić information content (AvgIpc) is 1.27. The maximum absolute atomic E-state index is 9.89. The SMILES string of the molecule is C=C(Cl)OC(C)=O. The monoisotopic (exact) mass is 120 g/mol. The summed E-state index contributed by atoms with van der Waals surface area (Å²) >= 11 is 5.04. The highest BCUT2D eigenvalue weighted by Crippen LogP contribution is 1.96. The summed E-state index contributed by atoms with van der Waals surface area (Å²) in [6.45, 7) is 4.38.